The number of hydrogen-bond donors (Lipinski definition) is 0. The lowest BCUT2D eigenvalue weighted by molar-refractivity contribution is 0.592. The van der Waals surface area contributed by atoms with E-state index in [1.165, 1.54) is 4.31 Å². The normalized spacial score (nSPS) is 12.1. The van der Waals surface area contributed by atoms with Crippen LogP contribution in [-0.4, -0.2) is 15.0 Å². The van der Waals surface area contributed by atoms with Crippen molar-refractivity contribution >= 4 is 60.3 Å². The number of sulfonamides is 1. The highest BCUT2D eigenvalue weighted by Crippen LogP contribution is 2.30. The Morgan fingerprint density at radius 2 is 1.66 bits per heavy atom. The van der Waals surface area contributed by atoms with Crippen LogP contribution in [0.5, 0.6) is 0 Å². The minimum atomic E-state index is -3.74. The Hall–Kier alpha value is -1.64. The molecular weight excluding hydrogens is 561 g/mol. The second-order valence-electron chi connectivity index (χ2n) is 6.76. The third-order valence-electron chi connectivity index (χ3n) is 4.47. The molecule has 150 valence electrons. The molecule has 3 nitrogen and oxygen atoms in total. The molecule has 3 aromatic rings. The van der Waals surface area contributed by atoms with Crippen molar-refractivity contribution in [3.63, 3.8) is 0 Å². The summed E-state index contributed by atoms with van der Waals surface area (Å²) in [5.74, 6) is 0. The second kappa shape index (κ2) is 9.45. The van der Waals surface area contributed by atoms with Gasteiger partial charge in [-0.15, -0.1) is 0 Å². The maximum absolute atomic E-state index is 13.6. The summed E-state index contributed by atoms with van der Waals surface area (Å²) in [5.41, 5.74) is 3.61. The first-order chi connectivity index (χ1) is 13.8. The minimum absolute atomic E-state index is 0.200. The van der Waals surface area contributed by atoms with Crippen LogP contribution < -0.4 is 4.31 Å². The van der Waals surface area contributed by atoms with Crippen molar-refractivity contribution in [2.75, 3.05) is 10.8 Å². The van der Waals surface area contributed by atoms with E-state index in [-0.39, 0.29) is 11.4 Å². The zero-order chi connectivity index (χ0) is 21.0. The molecule has 0 atom stereocenters. The first-order valence-electron chi connectivity index (χ1n) is 9.04. The smallest absolute Gasteiger partial charge is 0.261 e. The summed E-state index contributed by atoms with van der Waals surface area (Å²) in [6.45, 7) is 4.07. The molecule has 3 aromatic carbocycles. The van der Waals surface area contributed by atoms with E-state index in [1.807, 2.05) is 80.6 Å². The van der Waals surface area contributed by atoms with Crippen LogP contribution in [-0.2, 0) is 10.0 Å². The topological polar surface area (TPSA) is 37.4 Å². The van der Waals surface area contributed by atoms with Crippen LogP contribution in [0, 0.1) is 17.4 Å². The van der Waals surface area contributed by atoms with Crippen LogP contribution in [0.15, 0.2) is 82.2 Å². The standard InChI is InChI=1S/C23H21BrINO2S/c1-17-8-12-22(13-9-17)29(27,28)26(23-15-21(25)11-10-18(23)2)16-20(24)14-19-6-4-3-5-7-19/h3-15H,16H2,1-2H3/b20-14-. The number of nitrogens with zero attached hydrogens (tertiary/aromatic N) is 1. The van der Waals surface area contributed by atoms with Crippen molar-refractivity contribution in [1.29, 1.82) is 0 Å². The van der Waals surface area contributed by atoms with Gasteiger partial charge in [0.25, 0.3) is 10.0 Å². The van der Waals surface area contributed by atoms with E-state index in [0.717, 1.165) is 24.7 Å². The fourth-order valence-electron chi connectivity index (χ4n) is 2.90. The van der Waals surface area contributed by atoms with Crippen LogP contribution in [0.1, 0.15) is 16.7 Å². The van der Waals surface area contributed by atoms with E-state index < -0.39 is 10.0 Å². The van der Waals surface area contributed by atoms with E-state index >= 15 is 0 Å². The van der Waals surface area contributed by atoms with Gasteiger partial charge in [-0.2, -0.15) is 0 Å². The monoisotopic (exact) mass is 581 g/mol. The van der Waals surface area contributed by atoms with Gasteiger partial charge in [0.1, 0.15) is 0 Å². The predicted molar refractivity (Wildman–Crippen MR) is 133 cm³/mol. The molecule has 0 aliphatic carbocycles. The fraction of sp³-hybridized carbons (Fsp3) is 0.130. The van der Waals surface area contributed by atoms with Crippen LogP contribution in [0.2, 0.25) is 0 Å². The fourth-order valence-corrected chi connectivity index (χ4v) is 5.56. The van der Waals surface area contributed by atoms with Crippen molar-refractivity contribution in [2.24, 2.45) is 0 Å². The van der Waals surface area contributed by atoms with Crippen LogP contribution in [0.3, 0.4) is 0 Å². The summed E-state index contributed by atoms with van der Waals surface area (Å²) >= 11 is 5.79. The van der Waals surface area contributed by atoms with E-state index in [1.54, 1.807) is 12.1 Å². The molecule has 0 aromatic heterocycles. The van der Waals surface area contributed by atoms with Gasteiger partial charge in [-0.05, 0) is 77.9 Å². The largest absolute Gasteiger partial charge is 0.264 e. The Kier molecular flexibility index (Phi) is 7.19. The minimum Gasteiger partial charge on any atom is -0.261 e. The first-order valence-corrected chi connectivity index (χ1v) is 12.4. The van der Waals surface area contributed by atoms with Crippen LogP contribution in [0.25, 0.3) is 6.08 Å². The summed E-state index contributed by atoms with van der Waals surface area (Å²) in [7, 11) is -3.74. The van der Waals surface area contributed by atoms with E-state index in [4.69, 9.17) is 0 Å². The summed E-state index contributed by atoms with van der Waals surface area (Å²) in [5, 5.41) is 0. The third kappa shape index (κ3) is 5.49. The van der Waals surface area contributed by atoms with Gasteiger partial charge >= 0.3 is 0 Å². The maximum atomic E-state index is 13.6. The van der Waals surface area contributed by atoms with Gasteiger partial charge in [0.2, 0.25) is 0 Å². The van der Waals surface area contributed by atoms with Gasteiger partial charge in [-0.1, -0.05) is 70.0 Å². The molecule has 0 spiro atoms. The molecule has 0 N–H and O–H groups in total. The molecule has 6 heteroatoms. The molecule has 0 bridgehead atoms. The molecule has 3 rings (SSSR count). The van der Waals surface area contributed by atoms with Crippen molar-refractivity contribution < 1.29 is 8.42 Å². The second-order valence-corrected chi connectivity index (χ2v) is 10.9. The highest BCUT2D eigenvalue weighted by Gasteiger charge is 2.27. The average molecular weight is 582 g/mol. The average Bonchev–Trinajstić information content (AvgIpc) is 2.69. The zero-order valence-electron chi connectivity index (χ0n) is 16.1. The zero-order valence-corrected chi connectivity index (χ0v) is 20.7. The number of hydrogen-bond acceptors (Lipinski definition) is 2. The molecular formula is C23H21BrINO2S. The SMILES string of the molecule is Cc1ccc(S(=O)(=O)N(C/C(Br)=C/c2ccccc2)c2cc(I)ccc2C)cc1. The summed E-state index contributed by atoms with van der Waals surface area (Å²) < 4.78 is 30.4. The molecule has 0 unspecified atom stereocenters. The Bertz CT molecular complexity index is 1130. The number of benzene rings is 3. The van der Waals surface area contributed by atoms with Crippen molar-refractivity contribution in [3.05, 3.63) is 97.5 Å². The molecule has 0 saturated heterocycles. The molecule has 0 aliphatic rings. The quantitative estimate of drug-likeness (QED) is 0.310. The Labute approximate surface area is 194 Å². The lowest BCUT2D eigenvalue weighted by atomic mass is 10.2. The summed E-state index contributed by atoms with van der Waals surface area (Å²) in [6.07, 6.45) is 1.95. The Morgan fingerprint density at radius 3 is 2.31 bits per heavy atom. The van der Waals surface area contributed by atoms with Gasteiger partial charge in [-0.3, -0.25) is 4.31 Å². The molecule has 0 heterocycles. The Morgan fingerprint density at radius 1 is 1.00 bits per heavy atom. The lowest BCUT2D eigenvalue weighted by Crippen LogP contribution is -2.33. The van der Waals surface area contributed by atoms with Crippen molar-refractivity contribution in [3.8, 4) is 0 Å². The first kappa shape index (κ1) is 22.1. The van der Waals surface area contributed by atoms with Gasteiger partial charge < -0.3 is 0 Å². The molecule has 0 amide bonds. The number of anilines is 1. The lowest BCUT2D eigenvalue weighted by Gasteiger charge is -2.26. The van der Waals surface area contributed by atoms with Gasteiger partial charge in [-0.25, -0.2) is 8.42 Å². The van der Waals surface area contributed by atoms with Crippen LogP contribution in [0.4, 0.5) is 5.69 Å². The summed E-state index contributed by atoms with van der Waals surface area (Å²) in [4.78, 5) is 0.279. The van der Waals surface area contributed by atoms with Crippen molar-refractivity contribution in [1.82, 2.24) is 0 Å². The predicted octanol–water partition coefficient (Wildman–Crippen LogP) is 6.54. The van der Waals surface area contributed by atoms with Crippen molar-refractivity contribution in [2.45, 2.75) is 18.7 Å². The molecule has 0 fully saturated rings. The molecule has 0 saturated carbocycles. The van der Waals surface area contributed by atoms with Gasteiger partial charge in [0.15, 0.2) is 0 Å². The number of rotatable bonds is 6. The molecule has 29 heavy (non-hydrogen) atoms. The molecule has 0 aliphatic heterocycles. The van der Waals surface area contributed by atoms with E-state index in [9.17, 15) is 8.42 Å². The van der Waals surface area contributed by atoms with E-state index in [0.29, 0.717) is 5.69 Å². The Balaban J connectivity index is 2.08. The number of aryl methyl sites for hydroxylation is 2. The van der Waals surface area contributed by atoms with Crippen LogP contribution >= 0.6 is 38.5 Å². The summed E-state index contributed by atoms with van der Waals surface area (Å²) in [6, 6.07) is 22.6. The van der Waals surface area contributed by atoms with E-state index in [2.05, 4.69) is 38.5 Å². The highest BCUT2D eigenvalue weighted by atomic mass is 127. The molecule has 0 radical (unpaired) electrons. The van der Waals surface area contributed by atoms with Gasteiger partial charge in [0, 0.05) is 8.05 Å². The highest BCUT2D eigenvalue weighted by molar-refractivity contribution is 14.1. The third-order valence-corrected chi connectivity index (χ3v) is 7.39. The maximum Gasteiger partial charge on any atom is 0.264 e. The number of halogens is 2. The van der Waals surface area contributed by atoms with Gasteiger partial charge in [0.05, 0.1) is 17.1 Å².